The number of aryl methyl sites for hydroxylation is 1. The van der Waals surface area contributed by atoms with Crippen LogP contribution in [0.15, 0.2) is 17.7 Å². The first-order valence-corrected chi connectivity index (χ1v) is 9.54. The third-order valence-electron chi connectivity index (χ3n) is 6.07. The molecule has 0 saturated carbocycles. The van der Waals surface area contributed by atoms with E-state index in [1.807, 2.05) is 6.92 Å². The Bertz CT molecular complexity index is 710. The van der Waals surface area contributed by atoms with Gasteiger partial charge in [0.15, 0.2) is 0 Å². The van der Waals surface area contributed by atoms with E-state index in [0.717, 1.165) is 44.5 Å². The quantitative estimate of drug-likeness (QED) is 0.827. The van der Waals surface area contributed by atoms with E-state index < -0.39 is 0 Å². The van der Waals surface area contributed by atoms with Crippen LogP contribution in [0.25, 0.3) is 0 Å². The van der Waals surface area contributed by atoms with Gasteiger partial charge in [0, 0.05) is 30.7 Å². The minimum absolute atomic E-state index is 0.0540. The smallest absolute Gasteiger partial charge is 0.244 e. The number of ether oxygens (including phenoxy) is 2. The highest BCUT2D eigenvalue weighted by molar-refractivity contribution is 5.77. The first-order chi connectivity index (χ1) is 12.6. The van der Waals surface area contributed by atoms with Crippen molar-refractivity contribution in [2.45, 2.75) is 45.2 Å². The Hall–Kier alpha value is -1.86. The molecule has 0 unspecified atom stereocenters. The maximum Gasteiger partial charge on any atom is 0.244 e. The monoisotopic (exact) mass is 360 g/mol. The van der Waals surface area contributed by atoms with Crippen molar-refractivity contribution in [3.63, 3.8) is 0 Å². The molecule has 0 aromatic carbocycles. The number of carbonyl (C=O) groups excluding carboxylic acids is 1. The summed E-state index contributed by atoms with van der Waals surface area (Å²) in [5, 5.41) is 4.35. The molecule has 2 saturated heterocycles. The maximum atomic E-state index is 13.1. The van der Waals surface area contributed by atoms with Gasteiger partial charge in [-0.15, -0.1) is 0 Å². The highest BCUT2D eigenvalue weighted by Crippen LogP contribution is 2.47. The number of carbonyl (C=O) groups is 1. The molecule has 2 N–H and O–H groups in total. The number of rotatable bonds is 3. The molecule has 26 heavy (non-hydrogen) atoms. The van der Waals surface area contributed by atoms with Crippen LogP contribution >= 0.6 is 0 Å². The number of nitrogens with zero attached hydrogens (tertiary/aromatic N) is 3. The lowest BCUT2D eigenvalue weighted by Gasteiger charge is -2.54. The van der Waals surface area contributed by atoms with Gasteiger partial charge in [0.05, 0.1) is 25.5 Å². The zero-order chi connectivity index (χ0) is 18.1. The molecule has 0 spiro atoms. The van der Waals surface area contributed by atoms with Crippen LogP contribution in [0.4, 0.5) is 5.82 Å². The summed E-state index contributed by atoms with van der Waals surface area (Å²) in [4.78, 5) is 15.2. The zero-order valence-corrected chi connectivity index (χ0v) is 15.4. The van der Waals surface area contributed by atoms with E-state index in [2.05, 4.69) is 16.1 Å². The van der Waals surface area contributed by atoms with Gasteiger partial charge in [0.25, 0.3) is 0 Å². The van der Waals surface area contributed by atoms with E-state index in [1.54, 1.807) is 10.7 Å². The summed E-state index contributed by atoms with van der Waals surface area (Å²) in [7, 11) is 0. The number of nitrogens with two attached hydrogens (primary N) is 1. The van der Waals surface area contributed by atoms with E-state index in [1.165, 1.54) is 5.57 Å². The van der Waals surface area contributed by atoms with Crippen LogP contribution in [0.5, 0.6) is 0 Å². The molecule has 1 aromatic heterocycles. The summed E-state index contributed by atoms with van der Waals surface area (Å²) in [5.74, 6) is 0.640. The van der Waals surface area contributed by atoms with Gasteiger partial charge in [-0.2, -0.15) is 5.10 Å². The highest BCUT2D eigenvalue weighted by atomic mass is 16.5. The van der Waals surface area contributed by atoms with Crippen LogP contribution in [-0.4, -0.2) is 59.6 Å². The predicted octanol–water partition coefficient (Wildman–Crippen LogP) is 1.52. The van der Waals surface area contributed by atoms with Crippen molar-refractivity contribution in [3.8, 4) is 0 Å². The second-order valence-corrected chi connectivity index (χ2v) is 7.63. The predicted molar refractivity (Wildman–Crippen MR) is 97.5 cm³/mol. The average Bonchev–Trinajstić information content (AvgIpc) is 2.98. The van der Waals surface area contributed by atoms with Crippen molar-refractivity contribution >= 4 is 11.7 Å². The van der Waals surface area contributed by atoms with Crippen molar-refractivity contribution in [3.05, 3.63) is 23.4 Å². The second-order valence-electron chi connectivity index (χ2n) is 7.63. The first kappa shape index (κ1) is 17.5. The van der Waals surface area contributed by atoms with E-state index in [-0.39, 0.29) is 23.9 Å². The van der Waals surface area contributed by atoms with Gasteiger partial charge in [0.2, 0.25) is 5.91 Å². The fraction of sp³-hybridized carbons (Fsp3) is 0.684. The largest absolute Gasteiger partial charge is 0.384 e. The molecule has 3 aliphatic rings. The molecule has 7 heteroatoms. The number of fused-ring (bicyclic) bond motifs is 1. The number of anilines is 1. The second kappa shape index (κ2) is 7.04. The Morgan fingerprint density at radius 2 is 2.31 bits per heavy atom. The average molecular weight is 360 g/mol. The summed E-state index contributed by atoms with van der Waals surface area (Å²) in [5.41, 5.74) is 8.18. The van der Waals surface area contributed by atoms with E-state index in [9.17, 15) is 4.79 Å². The molecule has 7 nitrogen and oxygen atoms in total. The number of piperidine rings is 1. The van der Waals surface area contributed by atoms with E-state index in [0.29, 0.717) is 25.6 Å². The normalized spacial score (nSPS) is 29.2. The topological polar surface area (TPSA) is 82.6 Å². The minimum atomic E-state index is -0.0540. The third-order valence-corrected chi connectivity index (χ3v) is 6.07. The van der Waals surface area contributed by atoms with Crippen molar-refractivity contribution in [2.24, 2.45) is 5.41 Å². The molecule has 0 bridgehead atoms. The van der Waals surface area contributed by atoms with Crippen LogP contribution in [0, 0.1) is 12.3 Å². The molecule has 142 valence electrons. The molecule has 2 atom stereocenters. The molecule has 4 rings (SSSR count). The fourth-order valence-corrected chi connectivity index (χ4v) is 4.89. The van der Waals surface area contributed by atoms with Gasteiger partial charge in [0.1, 0.15) is 12.4 Å². The zero-order valence-electron chi connectivity index (χ0n) is 15.4. The molecular formula is C19H28N4O3. The van der Waals surface area contributed by atoms with Crippen LogP contribution in [0.3, 0.4) is 0 Å². The maximum absolute atomic E-state index is 13.1. The number of amides is 1. The fourth-order valence-electron chi connectivity index (χ4n) is 4.89. The first-order valence-electron chi connectivity index (χ1n) is 9.54. The van der Waals surface area contributed by atoms with E-state index >= 15 is 0 Å². The van der Waals surface area contributed by atoms with Gasteiger partial charge in [-0.25, -0.2) is 4.68 Å². The summed E-state index contributed by atoms with van der Waals surface area (Å²) < 4.78 is 13.0. The van der Waals surface area contributed by atoms with E-state index in [4.69, 9.17) is 15.2 Å². The van der Waals surface area contributed by atoms with Gasteiger partial charge in [-0.3, -0.25) is 4.79 Å². The van der Waals surface area contributed by atoms with Gasteiger partial charge in [-0.05, 0) is 32.6 Å². The number of likely N-dealkylation sites (tertiary alicyclic amines) is 1. The van der Waals surface area contributed by atoms with Gasteiger partial charge in [-0.1, -0.05) is 11.6 Å². The lowest BCUT2D eigenvalue weighted by atomic mass is 9.65. The lowest BCUT2D eigenvalue weighted by Crippen LogP contribution is -2.60. The molecule has 2 fully saturated rings. The number of hydrogen-bond acceptors (Lipinski definition) is 5. The summed E-state index contributed by atoms with van der Waals surface area (Å²) in [6.07, 6.45) is 6.12. The van der Waals surface area contributed by atoms with Crippen molar-refractivity contribution in [1.29, 1.82) is 0 Å². The Balaban J connectivity index is 1.59. The Morgan fingerprint density at radius 1 is 1.42 bits per heavy atom. The van der Waals surface area contributed by atoms with Crippen molar-refractivity contribution < 1.29 is 14.3 Å². The number of nitrogen functional groups attached to an aromatic ring is 1. The molecule has 3 aliphatic heterocycles. The highest BCUT2D eigenvalue weighted by Gasteiger charge is 2.50. The summed E-state index contributed by atoms with van der Waals surface area (Å²) in [6, 6.07) is 1.99. The van der Waals surface area contributed by atoms with Crippen LogP contribution in [0.1, 0.15) is 31.4 Å². The number of aromatic nitrogens is 2. The Kier molecular flexibility index (Phi) is 4.75. The molecule has 1 aromatic rings. The van der Waals surface area contributed by atoms with Crippen LogP contribution in [0.2, 0.25) is 0 Å². The molecule has 0 radical (unpaired) electrons. The SMILES string of the molecule is Cc1cc(N)n(CC(=O)N2CCC[C@@]3(C4=CCOCC4)COCC[C@H]23)n1. The minimum Gasteiger partial charge on any atom is -0.384 e. The van der Waals surface area contributed by atoms with Crippen LogP contribution in [-0.2, 0) is 20.8 Å². The third kappa shape index (κ3) is 3.03. The molecule has 4 heterocycles. The Morgan fingerprint density at radius 3 is 3.04 bits per heavy atom. The summed E-state index contributed by atoms with van der Waals surface area (Å²) >= 11 is 0. The molecule has 0 aliphatic carbocycles. The molecular weight excluding hydrogens is 332 g/mol. The number of hydrogen-bond donors (Lipinski definition) is 1. The standard InChI is InChI=1S/C19H28N4O3/c1-14-11-17(20)23(21-14)12-18(24)22-7-2-6-19(13-26-10-5-16(19)22)15-3-8-25-9-4-15/h3,11,16H,2,4-10,12-13,20H2,1H3/t16-,19-/m0/s1. The molecule has 1 amide bonds. The van der Waals surface area contributed by atoms with Crippen molar-refractivity contribution in [2.75, 3.05) is 38.7 Å². The summed E-state index contributed by atoms with van der Waals surface area (Å²) in [6.45, 7) is 5.74. The lowest BCUT2D eigenvalue weighted by molar-refractivity contribution is -0.148. The van der Waals surface area contributed by atoms with Crippen LogP contribution < -0.4 is 5.73 Å². The van der Waals surface area contributed by atoms with Gasteiger partial charge < -0.3 is 20.1 Å². The Labute approximate surface area is 154 Å². The van der Waals surface area contributed by atoms with Gasteiger partial charge >= 0.3 is 0 Å². The van der Waals surface area contributed by atoms with Crippen molar-refractivity contribution in [1.82, 2.24) is 14.7 Å².